The molecule has 1 heterocycles. The summed E-state index contributed by atoms with van der Waals surface area (Å²) in [5, 5.41) is 9.99. The third-order valence-electron chi connectivity index (χ3n) is 4.03. The second-order valence-electron chi connectivity index (χ2n) is 5.45. The summed E-state index contributed by atoms with van der Waals surface area (Å²) in [6.07, 6.45) is 3.39. The van der Waals surface area contributed by atoms with Gasteiger partial charge in [0.05, 0.1) is 6.10 Å². The Morgan fingerprint density at radius 1 is 1.31 bits per heavy atom. The highest BCUT2D eigenvalue weighted by atomic mass is 16.3. The predicted molar refractivity (Wildman–Crippen MR) is 68.6 cm³/mol. The predicted octanol–water partition coefficient (Wildman–Crippen LogP) is 1.42. The number of hydrogen-bond acceptors (Lipinski definition) is 3. The van der Waals surface area contributed by atoms with Gasteiger partial charge in [-0.3, -0.25) is 0 Å². The Labute approximate surface area is 100 Å². The molecule has 2 atom stereocenters. The molecule has 1 aliphatic rings. The van der Waals surface area contributed by atoms with E-state index in [1.807, 2.05) is 0 Å². The summed E-state index contributed by atoms with van der Waals surface area (Å²) >= 11 is 0. The highest BCUT2D eigenvalue weighted by Crippen LogP contribution is 2.16. The van der Waals surface area contributed by atoms with Crippen molar-refractivity contribution in [3.63, 3.8) is 0 Å². The molecule has 1 rings (SSSR count). The standard InChI is InChI=1S/C13H28N2O/c1-5-11(2)13(16)10-15-8-6-12(7-9-15)14(3)4/h11-13,16H,5-10H2,1-4H3. The maximum absolute atomic E-state index is 9.99. The lowest BCUT2D eigenvalue weighted by atomic mass is 9.99. The molecule has 0 amide bonds. The third-order valence-corrected chi connectivity index (χ3v) is 4.03. The van der Waals surface area contributed by atoms with Gasteiger partial charge in [0.1, 0.15) is 0 Å². The molecule has 0 aliphatic carbocycles. The van der Waals surface area contributed by atoms with Crippen molar-refractivity contribution in [1.29, 1.82) is 0 Å². The zero-order valence-corrected chi connectivity index (χ0v) is 11.3. The minimum absolute atomic E-state index is 0.152. The first kappa shape index (κ1) is 13.9. The van der Waals surface area contributed by atoms with Crippen LogP contribution in [-0.2, 0) is 0 Å². The molecular weight excluding hydrogens is 200 g/mol. The summed E-state index contributed by atoms with van der Waals surface area (Å²) in [4.78, 5) is 4.74. The molecule has 0 spiro atoms. The zero-order chi connectivity index (χ0) is 12.1. The van der Waals surface area contributed by atoms with Gasteiger partial charge in [-0.25, -0.2) is 0 Å². The lowest BCUT2D eigenvalue weighted by molar-refractivity contribution is 0.0492. The lowest BCUT2D eigenvalue weighted by Gasteiger charge is -2.36. The number of rotatable bonds is 5. The number of aliphatic hydroxyl groups excluding tert-OH is 1. The molecule has 3 heteroatoms. The largest absolute Gasteiger partial charge is 0.392 e. The van der Waals surface area contributed by atoms with Gasteiger partial charge in [-0.1, -0.05) is 20.3 Å². The molecule has 0 aromatic carbocycles. The lowest BCUT2D eigenvalue weighted by Crippen LogP contribution is -2.45. The zero-order valence-electron chi connectivity index (χ0n) is 11.3. The van der Waals surface area contributed by atoms with Gasteiger partial charge in [0.25, 0.3) is 0 Å². The smallest absolute Gasteiger partial charge is 0.0692 e. The summed E-state index contributed by atoms with van der Waals surface area (Å²) < 4.78 is 0. The second kappa shape index (κ2) is 6.58. The van der Waals surface area contributed by atoms with Crippen LogP contribution in [0.15, 0.2) is 0 Å². The molecule has 96 valence electrons. The minimum Gasteiger partial charge on any atom is -0.392 e. The Morgan fingerprint density at radius 2 is 1.88 bits per heavy atom. The molecular formula is C13H28N2O. The van der Waals surface area contributed by atoms with Gasteiger partial charge in [0.2, 0.25) is 0 Å². The number of aliphatic hydroxyl groups is 1. The molecule has 0 saturated carbocycles. The first-order valence-corrected chi connectivity index (χ1v) is 6.61. The molecule has 0 aromatic heterocycles. The van der Waals surface area contributed by atoms with Crippen LogP contribution < -0.4 is 0 Å². The maximum Gasteiger partial charge on any atom is 0.0692 e. The molecule has 1 N–H and O–H groups in total. The quantitative estimate of drug-likeness (QED) is 0.771. The van der Waals surface area contributed by atoms with Crippen molar-refractivity contribution < 1.29 is 5.11 Å². The highest BCUT2D eigenvalue weighted by Gasteiger charge is 2.23. The topological polar surface area (TPSA) is 26.7 Å². The van der Waals surface area contributed by atoms with E-state index in [4.69, 9.17) is 0 Å². The van der Waals surface area contributed by atoms with Gasteiger partial charge in [-0.2, -0.15) is 0 Å². The molecule has 1 aliphatic heterocycles. The molecule has 0 bridgehead atoms. The summed E-state index contributed by atoms with van der Waals surface area (Å²) in [5.74, 6) is 0.423. The molecule has 2 unspecified atom stereocenters. The Morgan fingerprint density at radius 3 is 2.31 bits per heavy atom. The molecule has 0 radical (unpaired) electrons. The SMILES string of the molecule is CCC(C)C(O)CN1CCC(N(C)C)CC1. The van der Waals surface area contributed by atoms with Crippen LogP contribution in [0.4, 0.5) is 0 Å². The van der Waals surface area contributed by atoms with Gasteiger partial charge in [0.15, 0.2) is 0 Å². The van der Waals surface area contributed by atoms with E-state index in [0.717, 1.165) is 32.1 Å². The van der Waals surface area contributed by atoms with Crippen LogP contribution in [0, 0.1) is 5.92 Å². The third kappa shape index (κ3) is 4.04. The van der Waals surface area contributed by atoms with Crippen molar-refractivity contribution >= 4 is 0 Å². The molecule has 1 saturated heterocycles. The number of nitrogens with zero attached hydrogens (tertiary/aromatic N) is 2. The summed E-state index contributed by atoms with van der Waals surface area (Å²) in [7, 11) is 4.32. The first-order chi connectivity index (χ1) is 7.54. The van der Waals surface area contributed by atoms with E-state index < -0.39 is 0 Å². The van der Waals surface area contributed by atoms with Crippen LogP contribution in [0.5, 0.6) is 0 Å². The van der Waals surface area contributed by atoms with Gasteiger partial charge in [0, 0.05) is 12.6 Å². The summed E-state index contributed by atoms with van der Waals surface area (Å²) in [5.41, 5.74) is 0. The average Bonchev–Trinajstić information content (AvgIpc) is 2.28. The Balaban J connectivity index is 2.26. The van der Waals surface area contributed by atoms with E-state index in [1.54, 1.807) is 0 Å². The van der Waals surface area contributed by atoms with Crippen molar-refractivity contribution in [2.45, 2.75) is 45.3 Å². The molecule has 3 nitrogen and oxygen atoms in total. The number of piperidine rings is 1. The fourth-order valence-corrected chi connectivity index (χ4v) is 2.33. The summed E-state index contributed by atoms with van der Waals surface area (Å²) in [6, 6.07) is 0.733. The van der Waals surface area contributed by atoms with E-state index in [-0.39, 0.29) is 6.10 Å². The monoisotopic (exact) mass is 228 g/mol. The average molecular weight is 228 g/mol. The van der Waals surface area contributed by atoms with Crippen LogP contribution in [-0.4, -0.2) is 60.8 Å². The van der Waals surface area contributed by atoms with Crippen molar-refractivity contribution in [3.8, 4) is 0 Å². The van der Waals surface area contributed by atoms with Crippen molar-refractivity contribution in [1.82, 2.24) is 9.80 Å². The van der Waals surface area contributed by atoms with E-state index in [0.29, 0.717) is 5.92 Å². The fraction of sp³-hybridized carbons (Fsp3) is 1.00. The van der Waals surface area contributed by atoms with Gasteiger partial charge in [-0.05, 0) is 45.9 Å². The van der Waals surface area contributed by atoms with Crippen LogP contribution in [0.1, 0.15) is 33.1 Å². The number of hydrogen-bond donors (Lipinski definition) is 1. The van der Waals surface area contributed by atoms with Crippen LogP contribution in [0.2, 0.25) is 0 Å². The van der Waals surface area contributed by atoms with E-state index >= 15 is 0 Å². The van der Waals surface area contributed by atoms with Crippen molar-refractivity contribution in [2.24, 2.45) is 5.92 Å². The first-order valence-electron chi connectivity index (χ1n) is 6.61. The Bertz CT molecular complexity index is 188. The van der Waals surface area contributed by atoms with Gasteiger partial charge in [-0.15, -0.1) is 0 Å². The second-order valence-corrected chi connectivity index (χ2v) is 5.45. The van der Waals surface area contributed by atoms with E-state index in [1.165, 1.54) is 12.8 Å². The number of likely N-dealkylation sites (tertiary alicyclic amines) is 1. The maximum atomic E-state index is 9.99. The van der Waals surface area contributed by atoms with Crippen LogP contribution >= 0.6 is 0 Å². The highest BCUT2D eigenvalue weighted by molar-refractivity contribution is 4.79. The van der Waals surface area contributed by atoms with E-state index in [2.05, 4.69) is 37.7 Å². The van der Waals surface area contributed by atoms with Gasteiger partial charge >= 0.3 is 0 Å². The fourth-order valence-electron chi connectivity index (χ4n) is 2.33. The Kier molecular flexibility index (Phi) is 5.73. The van der Waals surface area contributed by atoms with Crippen LogP contribution in [0.25, 0.3) is 0 Å². The van der Waals surface area contributed by atoms with Crippen molar-refractivity contribution in [2.75, 3.05) is 33.7 Å². The molecule has 16 heavy (non-hydrogen) atoms. The normalized spacial score (nSPS) is 23.6. The molecule has 1 fully saturated rings. The number of β-amino-alcohol motifs (C(OH)–C–C–N with tert-alkyl or cyclic N) is 1. The van der Waals surface area contributed by atoms with Gasteiger partial charge < -0.3 is 14.9 Å². The van der Waals surface area contributed by atoms with Crippen LogP contribution in [0.3, 0.4) is 0 Å². The Hall–Kier alpha value is -0.120. The van der Waals surface area contributed by atoms with Crippen molar-refractivity contribution in [3.05, 3.63) is 0 Å². The summed E-state index contributed by atoms with van der Waals surface area (Å²) in [6.45, 7) is 7.41. The molecule has 0 aromatic rings. The van der Waals surface area contributed by atoms with E-state index in [9.17, 15) is 5.11 Å². The minimum atomic E-state index is -0.152.